The summed E-state index contributed by atoms with van der Waals surface area (Å²) < 4.78 is 46.1. The van der Waals surface area contributed by atoms with Gasteiger partial charge in [-0.25, -0.2) is 0 Å². The standard InChI is InChI=1S/C23H29F3N4OS.ClH/c1-29-20(16-7-10-31-11-8-16)27-28-21(29)32-12-2-9-30-14-19-13-22(19,15-30)17-3-5-18(6-4-17)23(24,25)26;/h3-6,16,19H,2,7-15H2,1H3;1H. The van der Waals surface area contributed by atoms with Crippen LogP contribution in [0, 0.1) is 5.92 Å². The molecule has 0 bridgehead atoms. The zero-order valence-corrected chi connectivity index (χ0v) is 20.3. The molecule has 0 spiro atoms. The molecule has 0 amide bonds. The molecule has 33 heavy (non-hydrogen) atoms. The van der Waals surface area contributed by atoms with Crippen LogP contribution in [0.3, 0.4) is 0 Å². The molecule has 2 saturated heterocycles. The van der Waals surface area contributed by atoms with Crippen molar-refractivity contribution in [2.75, 3.05) is 38.6 Å². The Kier molecular flexibility index (Phi) is 7.34. The van der Waals surface area contributed by atoms with E-state index in [1.54, 1.807) is 23.9 Å². The highest BCUT2D eigenvalue weighted by Crippen LogP contribution is 2.59. The van der Waals surface area contributed by atoms with Crippen LogP contribution in [-0.4, -0.2) is 58.3 Å². The Morgan fingerprint density at radius 2 is 1.88 bits per heavy atom. The maximum Gasteiger partial charge on any atom is 0.416 e. The largest absolute Gasteiger partial charge is 0.416 e. The Bertz CT molecular complexity index is 948. The van der Waals surface area contributed by atoms with E-state index >= 15 is 0 Å². The second kappa shape index (κ2) is 9.76. The van der Waals surface area contributed by atoms with E-state index in [0.29, 0.717) is 11.8 Å². The minimum absolute atomic E-state index is 0. The van der Waals surface area contributed by atoms with E-state index in [4.69, 9.17) is 4.74 Å². The van der Waals surface area contributed by atoms with Crippen molar-refractivity contribution in [3.05, 3.63) is 41.2 Å². The van der Waals surface area contributed by atoms with Gasteiger partial charge in [-0.1, -0.05) is 23.9 Å². The van der Waals surface area contributed by atoms with E-state index < -0.39 is 11.7 Å². The van der Waals surface area contributed by atoms with Gasteiger partial charge in [-0.15, -0.1) is 22.6 Å². The van der Waals surface area contributed by atoms with Crippen LogP contribution in [0.1, 0.15) is 48.6 Å². The van der Waals surface area contributed by atoms with Crippen molar-refractivity contribution in [2.24, 2.45) is 13.0 Å². The zero-order chi connectivity index (χ0) is 22.3. The zero-order valence-electron chi connectivity index (χ0n) is 18.7. The lowest BCUT2D eigenvalue weighted by Crippen LogP contribution is -2.28. The maximum atomic E-state index is 12.9. The maximum absolute atomic E-state index is 12.9. The van der Waals surface area contributed by atoms with E-state index in [-0.39, 0.29) is 17.8 Å². The lowest BCUT2D eigenvalue weighted by atomic mass is 9.94. The van der Waals surface area contributed by atoms with Crippen molar-refractivity contribution >= 4 is 24.2 Å². The SMILES string of the molecule is Cl.Cn1c(SCCCN2CC3CC3(c3ccc(C(F)(F)F)cc3)C2)nnc1C1CCOCC1. The number of rotatable bonds is 7. The molecule has 1 aliphatic carbocycles. The van der Waals surface area contributed by atoms with Gasteiger partial charge in [0, 0.05) is 50.4 Å². The number of hydrogen-bond donors (Lipinski definition) is 0. The molecule has 2 unspecified atom stereocenters. The lowest BCUT2D eigenvalue weighted by Gasteiger charge is -2.21. The number of piperidine rings is 1. The van der Waals surface area contributed by atoms with Crippen molar-refractivity contribution in [3.63, 3.8) is 0 Å². The minimum atomic E-state index is -4.27. The number of fused-ring (bicyclic) bond motifs is 1. The first-order valence-corrected chi connectivity index (χ1v) is 12.4. The first-order chi connectivity index (χ1) is 15.4. The second-order valence-corrected chi connectivity index (χ2v) is 10.4. The predicted molar refractivity (Wildman–Crippen MR) is 124 cm³/mol. The van der Waals surface area contributed by atoms with Crippen LogP contribution in [0.5, 0.6) is 0 Å². The van der Waals surface area contributed by atoms with Gasteiger partial charge in [-0.2, -0.15) is 13.2 Å². The van der Waals surface area contributed by atoms with Crippen LogP contribution in [-0.2, 0) is 23.4 Å². The summed E-state index contributed by atoms with van der Waals surface area (Å²) >= 11 is 1.75. The second-order valence-electron chi connectivity index (χ2n) is 9.36. The number of ether oxygens (including phenoxy) is 1. The summed E-state index contributed by atoms with van der Waals surface area (Å²) in [6.45, 7) is 4.60. The van der Waals surface area contributed by atoms with Crippen LogP contribution in [0.15, 0.2) is 29.4 Å². The monoisotopic (exact) mass is 502 g/mol. The molecule has 0 radical (unpaired) electrons. The van der Waals surface area contributed by atoms with Gasteiger partial charge in [0.25, 0.3) is 0 Å². The lowest BCUT2D eigenvalue weighted by molar-refractivity contribution is -0.137. The Labute approximate surface area is 202 Å². The molecule has 182 valence electrons. The summed E-state index contributed by atoms with van der Waals surface area (Å²) in [6.07, 6.45) is -0.106. The quantitative estimate of drug-likeness (QED) is 0.398. The van der Waals surface area contributed by atoms with Gasteiger partial charge in [0.15, 0.2) is 5.16 Å². The van der Waals surface area contributed by atoms with Crippen molar-refractivity contribution in [2.45, 2.75) is 48.3 Å². The molecule has 3 aliphatic rings. The van der Waals surface area contributed by atoms with Crippen molar-refractivity contribution in [3.8, 4) is 0 Å². The molecule has 3 heterocycles. The van der Waals surface area contributed by atoms with Crippen LogP contribution in [0.25, 0.3) is 0 Å². The first-order valence-electron chi connectivity index (χ1n) is 11.4. The van der Waals surface area contributed by atoms with E-state index in [9.17, 15) is 13.2 Å². The van der Waals surface area contributed by atoms with Gasteiger partial charge in [0.1, 0.15) is 5.82 Å². The van der Waals surface area contributed by atoms with Gasteiger partial charge < -0.3 is 14.2 Å². The Hall–Kier alpha value is -1.29. The molecular weight excluding hydrogens is 473 g/mol. The summed E-state index contributed by atoms with van der Waals surface area (Å²) in [5.41, 5.74) is 0.567. The number of nitrogens with zero attached hydrogens (tertiary/aromatic N) is 4. The van der Waals surface area contributed by atoms with Gasteiger partial charge in [-0.3, -0.25) is 0 Å². The summed E-state index contributed by atoms with van der Waals surface area (Å²) in [5, 5.41) is 9.80. The molecule has 2 aliphatic heterocycles. The molecule has 0 N–H and O–H groups in total. The highest BCUT2D eigenvalue weighted by molar-refractivity contribution is 7.99. The highest BCUT2D eigenvalue weighted by Gasteiger charge is 2.60. The first kappa shape index (κ1) is 24.8. The van der Waals surface area contributed by atoms with Gasteiger partial charge in [0.05, 0.1) is 5.56 Å². The van der Waals surface area contributed by atoms with Gasteiger partial charge in [-0.05, 0) is 55.8 Å². The van der Waals surface area contributed by atoms with Crippen LogP contribution >= 0.6 is 24.2 Å². The Morgan fingerprint density at radius 1 is 1.15 bits per heavy atom. The number of hydrogen-bond acceptors (Lipinski definition) is 5. The summed E-state index contributed by atoms with van der Waals surface area (Å²) in [6, 6.07) is 5.83. The number of benzene rings is 1. The highest BCUT2D eigenvalue weighted by atomic mass is 35.5. The molecular formula is C23H30ClF3N4OS. The number of alkyl halides is 3. The molecule has 3 fully saturated rings. The van der Waals surface area contributed by atoms with Crippen molar-refractivity contribution in [1.29, 1.82) is 0 Å². The van der Waals surface area contributed by atoms with E-state index in [1.807, 2.05) is 0 Å². The predicted octanol–water partition coefficient (Wildman–Crippen LogP) is 4.91. The van der Waals surface area contributed by atoms with Crippen LogP contribution < -0.4 is 0 Å². The number of thioether (sulfide) groups is 1. The number of aromatic nitrogens is 3. The smallest absolute Gasteiger partial charge is 0.381 e. The van der Waals surface area contributed by atoms with E-state index in [2.05, 4.69) is 26.7 Å². The van der Waals surface area contributed by atoms with Gasteiger partial charge in [0.2, 0.25) is 0 Å². The minimum Gasteiger partial charge on any atom is -0.381 e. The molecule has 5 nitrogen and oxygen atoms in total. The molecule has 2 aromatic rings. The molecule has 1 aromatic heterocycles. The third kappa shape index (κ3) is 5.06. The molecule has 5 rings (SSSR count). The van der Waals surface area contributed by atoms with E-state index in [0.717, 1.165) is 80.8 Å². The van der Waals surface area contributed by atoms with Crippen LogP contribution in [0.4, 0.5) is 13.2 Å². The van der Waals surface area contributed by atoms with Crippen molar-refractivity contribution < 1.29 is 17.9 Å². The number of halogens is 4. The summed E-state index contributed by atoms with van der Waals surface area (Å²) in [5.74, 6) is 3.06. The normalized spacial score (nSPS) is 25.6. The molecule has 10 heteroatoms. The molecule has 2 atom stereocenters. The Morgan fingerprint density at radius 3 is 2.58 bits per heavy atom. The van der Waals surface area contributed by atoms with Crippen LogP contribution in [0.2, 0.25) is 0 Å². The third-order valence-corrected chi connectivity index (χ3v) is 8.41. The van der Waals surface area contributed by atoms with E-state index in [1.165, 1.54) is 12.1 Å². The Balaban J connectivity index is 0.00000259. The average Bonchev–Trinajstić information content (AvgIpc) is 3.16. The fourth-order valence-electron chi connectivity index (χ4n) is 5.41. The fraction of sp³-hybridized carbons (Fsp3) is 0.652. The number of likely N-dealkylation sites (tertiary alicyclic amines) is 1. The fourth-order valence-corrected chi connectivity index (χ4v) is 6.25. The summed E-state index contributed by atoms with van der Waals surface area (Å²) in [7, 11) is 2.05. The average molecular weight is 503 g/mol. The molecule has 1 aromatic carbocycles. The van der Waals surface area contributed by atoms with Crippen molar-refractivity contribution in [1.82, 2.24) is 19.7 Å². The topological polar surface area (TPSA) is 43.2 Å². The summed E-state index contributed by atoms with van der Waals surface area (Å²) in [4.78, 5) is 2.47. The third-order valence-electron chi connectivity index (χ3n) is 7.31. The van der Waals surface area contributed by atoms with Gasteiger partial charge >= 0.3 is 6.18 Å². The molecule has 1 saturated carbocycles.